The second-order valence-electron chi connectivity index (χ2n) is 5.11. The number of hydrogen-bond acceptors (Lipinski definition) is 7. The van der Waals surface area contributed by atoms with Crippen molar-refractivity contribution in [3.05, 3.63) is 76.0 Å². The highest BCUT2D eigenvalue weighted by Gasteiger charge is 2.17. The van der Waals surface area contributed by atoms with E-state index in [2.05, 4.69) is 15.4 Å². The SMILES string of the molecule is COC(=O)c1cccc(N/C=C(/C#N)C(=O)Nc2ccccc2[N+](=O)[O-])c1. The number of carbonyl (C=O) groups is 2. The third kappa shape index (κ3) is 4.90. The van der Waals surface area contributed by atoms with E-state index in [-0.39, 0.29) is 16.9 Å². The van der Waals surface area contributed by atoms with Gasteiger partial charge in [-0.1, -0.05) is 18.2 Å². The Morgan fingerprint density at radius 3 is 2.63 bits per heavy atom. The minimum absolute atomic E-state index is 0.0265. The molecule has 0 aliphatic heterocycles. The maximum atomic E-state index is 12.2. The van der Waals surface area contributed by atoms with Crippen LogP contribution in [0, 0.1) is 21.4 Å². The number of nitrogens with zero attached hydrogens (tertiary/aromatic N) is 2. The maximum Gasteiger partial charge on any atom is 0.337 e. The van der Waals surface area contributed by atoms with Gasteiger partial charge in [0.2, 0.25) is 0 Å². The van der Waals surface area contributed by atoms with E-state index in [9.17, 15) is 25.0 Å². The molecular formula is C18H14N4O5. The van der Waals surface area contributed by atoms with Gasteiger partial charge in [0.1, 0.15) is 17.3 Å². The fourth-order valence-corrected chi connectivity index (χ4v) is 2.09. The number of nitriles is 1. The molecule has 0 bridgehead atoms. The molecule has 0 fully saturated rings. The summed E-state index contributed by atoms with van der Waals surface area (Å²) >= 11 is 0. The Labute approximate surface area is 154 Å². The van der Waals surface area contributed by atoms with Gasteiger partial charge < -0.3 is 15.4 Å². The first-order valence-electron chi connectivity index (χ1n) is 7.56. The van der Waals surface area contributed by atoms with Crippen molar-refractivity contribution in [2.45, 2.75) is 0 Å². The molecule has 9 nitrogen and oxygen atoms in total. The first-order chi connectivity index (χ1) is 13.0. The lowest BCUT2D eigenvalue weighted by Gasteiger charge is -2.06. The summed E-state index contributed by atoms with van der Waals surface area (Å²) in [4.78, 5) is 34.1. The molecule has 0 radical (unpaired) electrons. The van der Waals surface area contributed by atoms with Gasteiger partial charge in [-0.05, 0) is 24.3 Å². The van der Waals surface area contributed by atoms with Crippen LogP contribution in [0.1, 0.15) is 10.4 Å². The summed E-state index contributed by atoms with van der Waals surface area (Å²) < 4.78 is 4.62. The fraction of sp³-hybridized carbons (Fsp3) is 0.0556. The lowest BCUT2D eigenvalue weighted by atomic mass is 10.2. The Balaban J connectivity index is 2.17. The van der Waals surface area contributed by atoms with E-state index < -0.39 is 16.8 Å². The first-order valence-corrected chi connectivity index (χ1v) is 7.56. The van der Waals surface area contributed by atoms with Gasteiger partial charge in [-0.2, -0.15) is 5.26 Å². The van der Waals surface area contributed by atoms with Gasteiger partial charge in [0.25, 0.3) is 11.6 Å². The third-order valence-electron chi connectivity index (χ3n) is 3.38. The summed E-state index contributed by atoms with van der Waals surface area (Å²) in [6.45, 7) is 0. The number of esters is 1. The summed E-state index contributed by atoms with van der Waals surface area (Å²) in [7, 11) is 1.25. The van der Waals surface area contributed by atoms with Gasteiger partial charge in [-0.3, -0.25) is 14.9 Å². The average Bonchev–Trinajstić information content (AvgIpc) is 2.68. The van der Waals surface area contributed by atoms with Gasteiger partial charge in [0.05, 0.1) is 17.6 Å². The second kappa shape index (κ2) is 8.77. The lowest BCUT2D eigenvalue weighted by molar-refractivity contribution is -0.383. The highest BCUT2D eigenvalue weighted by atomic mass is 16.6. The van der Waals surface area contributed by atoms with E-state index >= 15 is 0 Å². The van der Waals surface area contributed by atoms with E-state index in [0.717, 1.165) is 6.20 Å². The number of nitrogens with one attached hydrogen (secondary N) is 2. The van der Waals surface area contributed by atoms with Crippen LogP contribution in [0.3, 0.4) is 0 Å². The first kappa shape index (κ1) is 19.1. The molecule has 136 valence electrons. The normalized spacial score (nSPS) is 10.4. The predicted molar refractivity (Wildman–Crippen MR) is 96.8 cm³/mol. The van der Waals surface area contributed by atoms with Crippen LogP contribution in [0.25, 0.3) is 0 Å². The van der Waals surface area contributed by atoms with E-state index in [1.165, 1.54) is 37.4 Å². The molecule has 2 N–H and O–H groups in total. The number of amides is 1. The summed E-state index contributed by atoms with van der Waals surface area (Å²) in [6.07, 6.45) is 1.14. The Morgan fingerprint density at radius 1 is 1.22 bits per heavy atom. The number of nitro groups is 1. The number of ether oxygens (including phenoxy) is 1. The number of rotatable bonds is 6. The molecule has 0 atom stereocenters. The summed E-state index contributed by atoms with van der Waals surface area (Å²) in [5.74, 6) is -1.35. The summed E-state index contributed by atoms with van der Waals surface area (Å²) in [5.41, 5.74) is 0.114. The molecule has 0 aliphatic carbocycles. The number of nitro benzene ring substituents is 1. The standard InChI is InChI=1S/C18H14N4O5/c1-27-18(24)12-5-4-6-14(9-12)20-11-13(10-19)17(23)21-15-7-2-3-8-16(15)22(25)26/h2-9,11,20H,1H3,(H,21,23)/b13-11-. The minimum Gasteiger partial charge on any atom is -0.465 e. The quantitative estimate of drug-likeness (QED) is 0.264. The minimum atomic E-state index is -0.816. The molecule has 0 heterocycles. The van der Waals surface area contributed by atoms with E-state index in [1.54, 1.807) is 24.3 Å². The molecule has 2 rings (SSSR count). The molecule has 2 aromatic rings. The second-order valence-corrected chi connectivity index (χ2v) is 5.11. The van der Waals surface area contributed by atoms with Gasteiger partial charge >= 0.3 is 5.97 Å². The van der Waals surface area contributed by atoms with Gasteiger partial charge in [-0.15, -0.1) is 0 Å². The highest BCUT2D eigenvalue weighted by Crippen LogP contribution is 2.23. The van der Waals surface area contributed by atoms with Crippen LogP contribution in [0.2, 0.25) is 0 Å². The van der Waals surface area contributed by atoms with E-state index in [4.69, 9.17) is 0 Å². The van der Waals surface area contributed by atoms with Crippen molar-refractivity contribution in [1.82, 2.24) is 0 Å². The monoisotopic (exact) mass is 366 g/mol. The zero-order valence-corrected chi connectivity index (χ0v) is 14.1. The molecule has 0 aliphatic rings. The van der Waals surface area contributed by atoms with Crippen molar-refractivity contribution in [3.63, 3.8) is 0 Å². The van der Waals surface area contributed by atoms with Crippen molar-refractivity contribution in [2.24, 2.45) is 0 Å². The predicted octanol–water partition coefficient (Wildman–Crippen LogP) is 2.84. The molecule has 2 aromatic carbocycles. The van der Waals surface area contributed by atoms with Gasteiger partial charge in [0, 0.05) is 18.0 Å². The zero-order chi connectivity index (χ0) is 19.8. The number of carbonyl (C=O) groups excluding carboxylic acids is 2. The molecule has 0 unspecified atom stereocenters. The molecule has 0 spiro atoms. The van der Waals surface area contributed by atoms with Crippen LogP contribution in [0.5, 0.6) is 0 Å². The highest BCUT2D eigenvalue weighted by molar-refractivity contribution is 6.07. The lowest BCUT2D eigenvalue weighted by Crippen LogP contribution is -2.15. The van der Waals surface area contributed by atoms with Crippen LogP contribution in [0.15, 0.2) is 60.3 Å². The number of methoxy groups -OCH3 is 1. The fourth-order valence-electron chi connectivity index (χ4n) is 2.09. The number of anilines is 2. The van der Waals surface area contributed by atoms with Crippen molar-refractivity contribution >= 4 is 28.9 Å². The average molecular weight is 366 g/mol. The Morgan fingerprint density at radius 2 is 1.96 bits per heavy atom. The van der Waals surface area contributed by atoms with Gasteiger partial charge in [0.15, 0.2) is 0 Å². The smallest absolute Gasteiger partial charge is 0.337 e. The van der Waals surface area contributed by atoms with Crippen LogP contribution < -0.4 is 10.6 Å². The Hall–Kier alpha value is -4.19. The Bertz CT molecular complexity index is 962. The van der Waals surface area contributed by atoms with Crippen molar-refractivity contribution in [3.8, 4) is 6.07 Å². The molecule has 1 amide bonds. The Kier molecular flexibility index (Phi) is 6.22. The largest absolute Gasteiger partial charge is 0.465 e. The van der Waals surface area contributed by atoms with Crippen molar-refractivity contribution in [1.29, 1.82) is 5.26 Å². The van der Waals surface area contributed by atoms with Crippen molar-refractivity contribution in [2.75, 3.05) is 17.7 Å². The molecule has 9 heteroatoms. The summed E-state index contributed by atoms with van der Waals surface area (Å²) in [5, 5.41) is 25.2. The molecule has 0 aromatic heterocycles. The van der Waals surface area contributed by atoms with Crippen LogP contribution >= 0.6 is 0 Å². The number of hydrogen-bond donors (Lipinski definition) is 2. The maximum absolute atomic E-state index is 12.2. The van der Waals surface area contributed by atoms with Gasteiger partial charge in [-0.25, -0.2) is 4.79 Å². The summed E-state index contributed by atoms with van der Waals surface area (Å²) in [6, 6.07) is 13.6. The van der Waals surface area contributed by atoms with Crippen LogP contribution in [-0.2, 0) is 9.53 Å². The number of para-hydroxylation sites is 2. The van der Waals surface area contributed by atoms with E-state index in [1.807, 2.05) is 0 Å². The number of benzene rings is 2. The van der Waals surface area contributed by atoms with E-state index in [0.29, 0.717) is 11.3 Å². The molecule has 0 saturated carbocycles. The molecule has 0 saturated heterocycles. The topological polar surface area (TPSA) is 134 Å². The third-order valence-corrected chi connectivity index (χ3v) is 3.38. The van der Waals surface area contributed by atoms with Crippen molar-refractivity contribution < 1.29 is 19.2 Å². The zero-order valence-electron chi connectivity index (χ0n) is 14.1. The molecule has 27 heavy (non-hydrogen) atoms. The van der Waals surface area contributed by atoms with Crippen LogP contribution in [0.4, 0.5) is 17.1 Å². The molecular weight excluding hydrogens is 352 g/mol. The van der Waals surface area contributed by atoms with Crippen LogP contribution in [-0.4, -0.2) is 23.9 Å².